The Labute approximate surface area is 157 Å². The second-order valence-electron chi connectivity index (χ2n) is 7.89. The monoisotopic (exact) mass is 362 g/mol. The number of hydrogen-bond acceptors (Lipinski definition) is 4. The first-order chi connectivity index (χ1) is 12.5. The largest absolute Gasteiger partial charge is 0.332 e. The first-order valence-corrected chi connectivity index (χ1v) is 10.0. The molecule has 0 bridgehead atoms. The van der Waals surface area contributed by atoms with Crippen molar-refractivity contribution in [3.05, 3.63) is 17.5 Å². The molecule has 1 aromatic rings. The van der Waals surface area contributed by atoms with Crippen molar-refractivity contribution in [1.29, 1.82) is 0 Å². The third kappa shape index (κ3) is 4.98. The van der Waals surface area contributed by atoms with Gasteiger partial charge < -0.3 is 15.1 Å². The van der Waals surface area contributed by atoms with Crippen LogP contribution in [0.5, 0.6) is 0 Å². The van der Waals surface area contributed by atoms with Gasteiger partial charge >= 0.3 is 6.03 Å². The Bertz CT molecular complexity index is 599. The number of carbonyl (C=O) groups excluding carboxylic acids is 1. The van der Waals surface area contributed by atoms with Crippen LogP contribution < -0.4 is 5.32 Å². The van der Waals surface area contributed by atoms with Gasteiger partial charge in [-0.15, -0.1) is 0 Å². The number of amides is 2. The van der Waals surface area contributed by atoms with E-state index in [4.69, 9.17) is 5.10 Å². The van der Waals surface area contributed by atoms with Gasteiger partial charge in [0.25, 0.3) is 0 Å². The van der Waals surface area contributed by atoms with E-state index in [1.807, 2.05) is 0 Å². The smallest absolute Gasteiger partial charge is 0.317 e. The molecule has 3 heterocycles. The minimum absolute atomic E-state index is 0.0763. The molecule has 1 aromatic heterocycles. The van der Waals surface area contributed by atoms with E-state index in [0.717, 1.165) is 37.7 Å². The average molecular weight is 363 g/mol. The Morgan fingerprint density at radius 2 is 2.08 bits per heavy atom. The topological polar surface area (TPSA) is 56.6 Å². The second kappa shape index (κ2) is 8.86. The van der Waals surface area contributed by atoms with Crippen LogP contribution in [0.1, 0.15) is 37.6 Å². The van der Waals surface area contributed by atoms with E-state index in [1.54, 1.807) is 19.0 Å². The van der Waals surface area contributed by atoms with Gasteiger partial charge in [-0.1, -0.05) is 6.92 Å². The minimum atomic E-state index is -0.0763. The Hall–Kier alpha value is -1.60. The zero-order valence-electron chi connectivity index (χ0n) is 16.6. The number of piperidine rings is 1. The molecular weight excluding hydrogens is 328 g/mol. The van der Waals surface area contributed by atoms with Crippen LogP contribution in [0.2, 0.25) is 0 Å². The molecule has 0 spiro atoms. The quantitative estimate of drug-likeness (QED) is 0.864. The second-order valence-corrected chi connectivity index (χ2v) is 7.89. The summed E-state index contributed by atoms with van der Waals surface area (Å²) in [5.41, 5.74) is 2.23. The summed E-state index contributed by atoms with van der Waals surface area (Å²) >= 11 is 0. The highest BCUT2D eigenvalue weighted by Gasteiger charge is 2.23. The number of aromatic nitrogens is 2. The lowest BCUT2D eigenvalue weighted by molar-refractivity contribution is 0.134. The van der Waals surface area contributed by atoms with Crippen molar-refractivity contribution in [1.82, 2.24) is 29.8 Å². The van der Waals surface area contributed by atoms with Crippen LogP contribution in [0.4, 0.5) is 4.79 Å². The Kier molecular flexibility index (Phi) is 6.53. The molecule has 0 aliphatic carbocycles. The molecule has 146 valence electrons. The lowest BCUT2D eigenvalue weighted by Gasteiger charge is -2.34. The first-order valence-electron chi connectivity index (χ1n) is 10.0. The molecule has 3 rings (SSSR count). The van der Waals surface area contributed by atoms with Gasteiger partial charge in [0.1, 0.15) is 0 Å². The van der Waals surface area contributed by atoms with Crippen LogP contribution in [0.25, 0.3) is 0 Å². The average Bonchev–Trinajstić information content (AvgIpc) is 2.91. The number of rotatable bonds is 5. The van der Waals surface area contributed by atoms with Crippen LogP contribution in [-0.2, 0) is 19.6 Å². The molecule has 0 saturated carbocycles. The standard InChI is InChI=1S/C19H34N6O/c1-4-23-8-5-7-16(13-23)14-24-9-6-10-25-18(15-24)11-17(21-25)12-20-19(26)22(2)3/h11,16H,4-10,12-15H2,1-3H3,(H,20,26)/t16-/m1/s1. The summed E-state index contributed by atoms with van der Waals surface area (Å²) in [6, 6.07) is 2.08. The van der Waals surface area contributed by atoms with Crippen molar-refractivity contribution in [2.45, 2.75) is 45.8 Å². The van der Waals surface area contributed by atoms with Crippen LogP contribution in [-0.4, -0.2) is 77.3 Å². The highest BCUT2D eigenvalue weighted by molar-refractivity contribution is 5.73. The maximum absolute atomic E-state index is 11.7. The van der Waals surface area contributed by atoms with E-state index in [2.05, 4.69) is 32.8 Å². The number of fused-ring (bicyclic) bond motifs is 1. The number of urea groups is 1. The molecule has 2 aliphatic rings. The molecule has 1 atom stereocenters. The normalized spacial score (nSPS) is 21.9. The molecule has 0 radical (unpaired) electrons. The molecular formula is C19H34N6O. The van der Waals surface area contributed by atoms with Crippen molar-refractivity contribution in [2.24, 2.45) is 5.92 Å². The fourth-order valence-electron chi connectivity index (χ4n) is 4.11. The SMILES string of the molecule is CCN1CCC[C@@H](CN2CCCn3nc(CNC(=O)N(C)C)cc3C2)C1. The van der Waals surface area contributed by atoms with Crippen molar-refractivity contribution in [3.63, 3.8) is 0 Å². The van der Waals surface area contributed by atoms with Gasteiger partial charge in [-0.2, -0.15) is 5.10 Å². The maximum atomic E-state index is 11.7. The summed E-state index contributed by atoms with van der Waals surface area (Å²) < 4.78 is 2.14. The molecule has 7 heteroatoms. The van der Waals surface area contributed by atoms with E-state index < -0.39 is 0 Å². The van der Waals surface area contributed by atoms with E-state index in [-0.39, 0.29) is 6.03 Å². The highest BCUT2D eigenvalue weighted by Crippen LogP contribution is 2.20. The zero-order chi connectivity index (χ0) is 18.5. The summed E-state index contributed by atoms with van der Waals surface area (Å²) in [7, 11) is 3.50. The predicted octanol–water partition coefficient (Wildman–Crippen LogP) is 1.59. The van der Waals surface area contributed by atoms with Gasteiger partial charge in [-0.05, 0) is 44.3 Å². The van der Waals surface area contributed by atoms with E-state index >= 15 is 0 Å². The molecule has 1 fully saturated rings. The number of nitrogens with one attached hydrogen (secondary N) is 1. The van der Waals surface area contributed by atoms with Gasteiger partial charge in [0.2, 0.25) is 0 Å². The molecule has 2 amide bonds. The van der Waals surface area contributed by atoms with Gasteiger partial charge in [0.15, 0.2) is 0 Å². The molecule has 2 aliphatic heterocycles. The van der Waals surface area contributed by atoms with Crippen molar-refractivity contribution >= 4 is 6.03 Å². The third-order valence-electron chi connectivity index (χ3n) is 5.54. The van der Waals surface area contributed by atoms with Crippen molar-refractivity contribution in [3.8, 4) is 0 Å². The van der Waals surface area contributed by atoms with Gasteiger partial charge in [0.05, 0.1) is 17.9 Å². The molecule has 1 saturated heterocycles. The van der Waals surface area contributed by atoms with Crippen LogP contribution in [0.3, 0.4) is 0 Å². The highest BCUT2D eigenvalue weighted by atomic mass is 16.2. The number of aryl methyl sites for hydroxylation is 1. The molecule has 0 aromatic carbocycles. The maximum Gasteiger partial charge on any atom is 0.317 e. The molecule has 1 N–H and O–H groups in total. The molecule has 0 unspecified atom stereocenters. The van der Waals surface area contributed by atoms with Crippen molar-refractivity contribution in [2.75, 3.05) is 46.8 Å². The van der Waals surface area contributed by atoms with Crippen molar-refractivity contribution < 1.29 is 4.79 Å². The van der Waals surface area contributed by atoms with E-state index in [0.29, 0.717) is 6.54 Å². The lowest BCUT2D eigenvalue weighted by Crippen LogP contribution is -2.40. The summed E-state index contributed by atoms with van der Waals surface area (Å²) in [6.45, 7) is 10.7. The number of nitrogens with zero attached hydrogens (tertiary/aromatic N) is 5. The van der Waals surface area contributed by atoms with Crippen LogP contribution >= 0.6 is 0 Å². The van der Waals surface area contributed by atoms with Crippen LogP contribution in [0.15, 0.2) is 6.07 Å². The van der Waals surface area contributed by atoms with Crippen LogP contribution in [0, 0.1) is 5.92 Å². The van der Waals surface area contributed by atoms with Gasteiger partial charge in [0, 0.05) is 46.8 Å². The van der Waals surface area contributed by atoms with E-state index in [9.17, 15) is 4.79 Å². The number of hydrogen-bond donors (Lipinski definition) is 1. The van der Waals surface area contributed by atoms with Gasteiger partial charge in [-0.25, -0.2) is 4.79 Å². The Morgan fingerprint density at radius 1 is 1.27 bits per heavy atom. The first kappa shape index (κ1) is 19.2. The fourth-order valence-corrected chi connectivity index (χ4v) is 4.11. The Morgan fingerprint density at radius 3 is 2.85 bits per heavy atom. The number of likely N-dealkylation sites (tertiary alicyclic amines) is 1. The zero-order valence-corrected chi connectivity index (χ0v) is 16.6. The third-order valence-corrected chi connectivity index (χ3v) is 5.54. The summed E-state index contributed by atoms with van der Waals surface area (Å²) in [6.07, 6.45) is 3.83. The molecule has 7 nitrogen and oxygen atoms in total. The molecule has 26 heavy (non-hydrogen) atoms. The summed E-state index contributed by atoms with van der Waals surface area (Å²) in [5.74, 6) is 0.789. The van der Waals surface area contributed by atoms with E-state index in [1.165, 1.54) is 44.7 Å². The predicted molar refractivity (Wildman–Crippen MR) is 103 cm³/mol. The fraction of sp³-hybridized carbons (Fsp3) is 0.789. The summed E-state index contributed by atoms with van der Waals surface area (Å²) in [4.78, 5) is 18.4. The number of carbonyl (C=O) groups is 1. The van der Waals surface area contributed by atoms with Gasteiger partial charge in [-0.3, -0.25) is 9.58 Å². The Balaban J connectivity index is 1.56. The minimum Gasteiger partial charge on any atom is -0.332 e. The lowest BCUT2D eigenvalue weighted by atomic mass is 9.97. The summed E-state index contributed by atoms with van der Waals surface area (Å²) in [5, 5.41) is 7.60.